The third-order valence-electron chi connectivity index (χ3n) is 4.56. The van der Waals surface area contributed by atoms with E-state index >= 15 is 0 Å². The SMILES string of the molecule is NC(=O)NCCCC(NC(=O)COc1ccc2c(c1)oc(=O)c1ccccc12)C(=O)O. The van der Waals surface area contributed by atoms with Crippen LogP contribution in [0.2, 0.25) is 0 Å². The van der Waals surface area contributed by atoms with Crippen LogP contribution in [0, 0.1) is 0 Å². The average Bonchev–Trinajstić information content (AvgIpc) is 2.74. The molecule has 1 unspecified atom stereocenters. The predicted molar refractivity (Wildman–Crippen MR) is 112 cm³/mol. The number of hydrogen-bond donors (Lipinski definition) is 4. The van der Waals surface area contributed by atoms with Crippen LogP contribution in [0.5, 0.6) is 5.75 Å². The molecular formula is C21H21N3O7. The lowest BCUT2D eigenvalue weighted by molar-refractivity contribution is -0.142. The Balaban J connectivity index is 1.62. The number of carbonyl (C=O) groups excluding carboxylic acids is 2. The zero-order valence-corrected chi connectivity index (χ0v) is 16.4. The molecule has 10 heteroatoms. The second-order valence-corrected chi connectivity index (χ2v) is 6.77. The number of nitrogens with one attached hydrogen (secondary N) is 2. The number of carboxylic acid groups (broad SMARTS) is 1. The molecule has 10 nitrogen and oxygen atoms in total. The summed E-state index contributed by atoms with van der Waals surface area (Å²) in [6, 6.07) is 10.1. The summed E-state index contributed by atoms with van der Waals surface area (Å²) in [5, 5.41) is 15.9. The molecule has 31 heavy (non-hydrogen) atoms. The molecule has 0 bridgehead atoms. The van der Waals surface area contributed by atoms with Crippen molar-refractivity contribution in [2.45, 2.75) is 18.9 Å². The normalized spacial score (nSPS) is 11.7. The molecule has 5 N–H and O–H groups in total. The molecule has 0 aliphatic heterocycles. The molecular weight excluding hydrogens is 406 g/mol. The molecule has 3 aromatic rings. The van der Waals surface area contributed by atoms with Gasteiger partial charge >= 0.3 is 17.6 Å². The largest absolute Gasteiger partial charge is 0.484 e. The predicted octanol–water partition coefficient (Wildman–Crippen LogP) is 1.34. The number of fused-ring (bicyclic) bond motifs is 3. The number of rotatable bonds is 9. The molecule has 162 valence electrons. The fraction of sp³-hybridized carbons (Fsp3) is 0.238. The summed E-state index contributed by atoms with van der Waals surface area (Å²) in [5.74, 6) is -1.54. The Labute approximate surface area is 176 Å². The summed E-state index contributed by atoms with van der Waals surface area (Å²) in [4.78, 5) is 46.2. The Bertz CT molecular complexity index is 1190. The van der Waals surface area contributed by atoms with Crippen LogP contribution >= 0.6 is 0 Å². The van der Waals surface area contributed by atoms with Gasteiger partial charge in [-0.2, -0.15) is 0 Å². The van der Waals surface area contributed by atoms with Crippen LogP contribution in [0.15, 0.2) is 51.7 Å². The van der Waals surface area contributed by atoms with Crippen LogP contribution in [0.25, 0.3) is 21.7 Å². The molecule has 0 saturated carbocycles. The summed E-state index contributed by atoms with van der Waals surface area (Å²) in [5.41, 5.74) is 4.77. The van der Waals surface area contributed by atoms with Crippen molar-refractivity contribution in [1.82, 2.24) is 10.6 Å². The van der Waals surface area contributed by atoms with E-state index in [4.69, 9.17) is 14.9 Å². The summed E-state index contributed by atoms with van der Waals surface area (Å²) in [6.07, 6.45) is 0.425. The highest BCUT2D eigenvalue weighted by molar-refractivity contribution is 6.04. The number of amides is 3. The molecule has 0 radical (unpaired) electrons. The van der Waals surface area contributed by atoms with E-state index in [-0.39, 0.29) is 13.0 Å². The summed E-state index contributed by atoms with van der Waals surface area (Å²) in [7, 11) is 0. The quantitative estimate of drug-likeness (QED) is 0.228. The van der Waals surface area contributed by atoms with E-state index in [1.165, 1.54) is 6.07 Å². The van der Waals surface area contributed by atoms with Crippen molar-refractivity contribution in [3.05, 3.63) is 52.9 Å². The topological polar surface area (TPSA) is 161 Å². The Morgan fingerprint density at radius 3 is 2.55 bits per heavy atom. The van der Waals surface area contributed by atoms with E-state index in [2.05, 4.69) is 10.6 Å². The molecule has 0 saturated heterocycles. The van der Waals surface area contributed by atoms with Crippen LogP contribution < -0.4 is 26.7 Å². The van der Waals surface area contributed by atoms with Gasteiger partial charge in [-0.15, -0.1) is 0 Å². The zero-order chi connectivity index (χ0) is 22.4. The number of primary amides is 1. The van der Waals surface area contributed by atoms with Crippen LogP contribution in [0.3, 0.4) is 0 Å². The minimum Gasteiger partial charge on any atom is -0.484 e. The van der Waals surface area contributed by atoms with E-state index < -0.39 is 36.2 Å². The summed E-state index contributed by atoms with van der Waals surface area (Å²) in [6.45, 7) is -0.227. The number of aliphatic carboxylic acids is 1. The number of hydrogen-bond acceptors (Lipinski definition) is 6. The van der Waals surface area contributed by atoms with Crippen LogP contribution in [-0.2, 0) is 9.59 Å². The number of carbonyl (C=O) groups is 3. The van der Waals surface area contributed by atoms with Crippen LogP contribution in [0.1, 0.15) is 12.8 Å². The number of ether oxygens (including phenoxy) is 1. The Hall–Kier alpha value is -4.08. The van der Waals surface area contributed by atoms with E-state index in [0.717, 1.165) is 10.8 Å². The van der Waals surface area contributed by atoms with Gasteiger partial charge in [-0.3, -0.25) is 4.79 Å². The maximum absolute atomic E-state index is 12.1. The third kappa shape index (κ3) is 5.50. The van der Waals surface area contributed by atoms with Crippen molar-refractivity contribution in [3.8, 4) is 5.75 Å². The Morgan fingerprint density at radius 1 is 1.10 bits per heavy atom. The standard InChI is InChI=1S/C21H21N3O7/c22-21(29)23-9-3-6-16(19(26)27)24-18(25)11-30-12-7-8-14-13-4-1-2-5-15(13)20(28)31-17(14)10-12/h1-2,4-5,7-8,10,16H,3,6,9,11H2,(H,24,25)(H,26,27)(H3,22,23,29). The van der Waals surface area contributed by atoms with Crippen molar-refractivity contribution in [1.29, 1.82) is 0 Å². The smallest absolute Gasteiger partial charge is 0.344 e. The fourth-order valence-electron chi connectivity index (χ4n) is 3.11. The molecule has 1 heterocycles. The first kappa shape index (κ1) is 21.6. The maximum atomic E-state index is 12.1. The van der Waals surface area contributed by atoms with Gasteiger partial charge in [0.25, 0.3) is 5.91 Å². The maximum Gasteiger partial charge on any atom is 0.344 e. The monoisotopic (exact) mass is 427 g/mol. The van der Waals surface area contributed by atoms with Gasteiger partial charge in [0.05, 0.1) is 5.39 Å². The van der Waals surface area contributed by atoms with Gasteiger partial charge in [0.15, 0.2) is 6.61 Å². The molecule has 3 amide bonds. The van der Waals surface area contributed by atoms with Gasteiger partial charge in [0.2, 0.25) is 0 Å². The Morgan fingerprint density at radius 2 is 1.84 bits per heavy atom. The second-order valence-electron chi connectivity index (χ2n) is 6.77. The van der Waals surface area contributed by atoms with Gasteiger partial charge in [0, 0.05) is 18.0 Å². The van der Waals surface area contributed by atoms with Gasteiger partial charge in [0.1, 0.15) is 17.4 Å². The van der Waals surface area contributed by atoms with E-state index in [1.54, 1.807) is 24.3 Å². The van der Waals surface area contributed by atoms with Gasteiger partial charge in [-0.05, 0) is 36.4 Å². The molecule has 1 aromatic heterocycles. The summed E-state index contributed by atoms with van der Waals surface area (Å²) < 4.78 is 10.8. The molecule has 0 spiro atoms. The molecule has 0 fully saturated rings. The number of carboxylic acids is 1. The number of benzene rings is 2. The van der Waals surface area contributed by atoms with Gasteiger partial charge in [-0.25, -0.2) is 14.4 Å². The van der Waals surface area contributed by atoms with E-state index in [0.29, 0.717) is 23.1 Å². The lowest BCUT2D eigenvalue weighted by Crippen LogP contribution is -2.43. The first-order valence-corrected chi connectivity index (χ1v) is 9.49. The van der Waals surface area contributed by atoms with Gasteiger partial charge < -0.3 is 30.6 Å². The molecule has 1 atom stereocenters. The van der Waals surface area contributed by atoms with Crippen molar-refractivity contribution >= 4 is 39.6 Å². The molecule has 0 aliphatic carbocycles. The van der Waals surface area contributed by atoms with E-state index in [1.807, 2.05) is 12.1 Å². The zero-order valence-electron chi connectivity index (χ0n) is 16.4. The Kier molecular flexibility index (Phi) is 6.71. The average molecular weight is 427 g/mol. The third-order valence-corrected chi connectivity index (χ3v) is 4.56. The van der Waals surface area contributed by atoms with Gasteiger partial charge in [-0.1, -0.05) is 18.2 Å². The minimum atomic E-state index is -1.20. The van der Waals surface area contributed by atoms with Crippen molar-refractivity contribution in [2.75, 3.05) is 13.2 Å². The lowest BCUT2D eigenvalue weighted by Gasteiger charge is -2.15. The van der Waals surface area contributed by atoms with Crippen molar-refractivity contribution in [2.24, 2.45) is 5.73 Å². The number of nitrogens with two attached hydrogens (primary N) is 1. The van der Waals surface area contributed by atoms with E-state index in [9.17, 15) is 24.3 Å². The highest BCUT2D eigenvalue weighted by Gasteiger charge is 2.20. The fourth-order valence-corrected chi connectivity index (χ4v) is 3.11. The highest BCUT2D eigenvalue weighted by Crippen LogP contribution is 2.26. The molecule has 2 aromatic carbocycles. The van der Waals surface area contributed by atoms with Crippen molar-refractivity contribution in [3.63, 3.8) is 0 Å². The second kappa shape index (κ2) is 9.61. The first-order chi connectivity index (χ1) is 14.8. The molecule has 3 rings (SSSR count). The number of urea groups is 1. The van der Waals surface area contributed by atoms with Crippen LogP contribution in [-0.4, -0.2) is 42.2 Å². The summed E-state index contributed by atoms with van der Waals surface area (Å²) >= 11 is 0. The highest BCUT2D eigenvalue weighted by atomic mass is 16.5. The van der Waals surface area contributed by atoms with Crippen LogP contribution in [0.4, 0.5) is 4.79 Å². The van der Waals surface area contributed by atoms with Crippen molar-refractivity contribution < 1.29 is 28.6 Å². The lowest BCUT2D eigenvalue weighted by atomic mass is 10.1. The first-order valence-electron chi connectivity index (χ1n) is 9.49. The minimum absolute atomic E-state index is 0.107. The molecule has 0 aliphatic rings.